The van der Waals surface area contributed by atoms with E-state index in [4.69, 9.17) is 4.74 Å². The summed E-state index contributed by atoms with van der Waals surface area (Å²) in [7, 11) is -3.97. The number of fused-ring (bicyclic) bond motifs is 1. The Bertz CT molecular complexity index is 1160. The van der Waals surface area contributed by atoms with E-state index < -0.39 is 33.8 Å². The third-order valence-corrected chi connectivity index (χ3v) is 7.50. The molecule has 3 rings (SSSR count). The number of rotatable bonds is 7. The van der Waals surface area contributed by atoms with Crippen molar-refractivity contribution in [1.82, 2.24) is 9.62 Å². The van der Waals surface area contributed by atoms with E-state index in [1.54, 1.807) is 38.1 Å². The number of carbonyl (C=O) groups is 3. The van der Waals surface area contributed by atoms with Gasteiger partial charge >= 0.3 is 5.97 Å². The lowest BCUT2D eigenvalue weighted by Crippen LogP contribution is -2.41. The number of amides is 2. The van der Waals surface area contributed by atoms with Gasteiger partial charge in [0.2, 0.25) is 10.0 Å². The largest absolute Gasteiger partial charge is 0.463 e. The highest BCUT2D eigenvalue weighted by atomic mass is 32.2. The third-order valence-electron chi connectivity index (χ3n) is 5.69. The zero-order valence-corrected chi connectivity index (χ0v) is 19.5. The van der Waals surface area contributed by atoms with Crippen molar-refractivity contribution in [3.63, 3.8) is 0 Å². The van der Waals surface area contributed by atoms with Crippen LogP contribution in [0, 0.1) is 27.7 Å². The summed E-state index contributed by atoms with van der Waals surface area (Å²) in [6.07, 6.45) is 0. The topological polar surface area (TPSA) is 110 Å². The molecule has 0 aromatic heterocycles. The van der Waals surface area contributed by atoms with Crippen molar-refractivity contribution in [3.05, 3.63) is 63.7 Å². The van der Waals surface area contributed by atoms with Crippen molar-refractivity contribution < 1.29 is 27.5 Å². The van der Waals surface area contributed by atoms with Crippen molar-refractivity contribution in [1.29, 1.82) is 0 Å². The van der Waals surface area contributed by atoms with E-state index in [-0.39, 0.29) is 18.0 Å². The van der Waals surface area contributed by atoms with Gasteiger partial charge in [0.15, 0.2) is 0 Å². The van der Waals surface area contributed by atoms with Crippen LogP contribution in [0.2, 0.25) is 0 Å². The van der Waals surface area contributed by atoms with Gasteiger partial charge in [0.05, 0.1) is 22.6 Å². The summed E-state index contributed by atoms with van der Waals surface area (Å²) in [6.45, 7) is 8.14. The summed E-state index contributed by atoms with van der Waals surface area (Å²) >= 11 is 0. The fourth-order valence-corrected chi connectivity index (χ4v) is 5.54. The van der Waals surface area contributed by atoms with Crippen LogP contribution in [0.5, 0.6) is 0 Å². The molecule has 32 heavy (non-hydrogen) atoms. The molecule has 1 heterocycles. The van der Waals surface area contributed by atoms with Crippen LogP contribution in [-0.4, -0.2) is 50.3 Å². The number of ether oxygens (including phenoxy) is 1. The minimum absolute atomic E-state index is 0.118. The first-order chi connectivity index (χ1) is 15.0. The first-order valence-electron chi connectivity index (χ1n) is 10.2. The Balaban J connectivity index is 1.63. The van der Waals surface area contributed by atoms with Crippen molar-refractivity contribution in [2.45, 2.75) is 45.6 Å². The summed E-state index contributed by atoms with van der Waals surface area (Å²) in [5, 5.41) is 0. The number of hydrogen-bond donors (Lipinski definition) is 1. The van der Waals surface area contributed by atoms with E-state index in [1.165, 1.54) is 6.92 Å². The number of esters is 1. The summed E-state index contributed by atoms with van der Waals surface area (Å²) in [4.78, 5) is 38.2. The van der Waals surface area contributed by atoms with Crippen LogP contribution in [0.3, 0.4) is 0 Å². The molecule has 1 atom stereocenters. The summed E-state index contributed by atoms with van der Waals surface area (Å²) in [5.74, 6) is -1.70. The van der Waals surface area contributed by atoms with Gasteiger partial charge in [0.25, 0.3) is 11.8 Å². The number of aryl methyl sites for hydroxylation is 2. The van der Waals surface area contributed by atoms with E-state index >= 15 is 0 Å². The molecular weight excluding hydrogens is 432 g/mol. The maximum absolute atomic E-state index is 13.0. The number of hydrogen-bond acceptors (Lipinski definition) is 6. The fraction of sp³-hybridized carbons (Fsp3) is 0.348. The van der Waals surface area contributed by atoms with Crippen molar-refractivity contribution >= 4 is 27.8 Å². The number of nitrogens with one attached hydrogen (secondary N) is 1. The molecule has 0 aliphatic carbocycles. The average molecular weight is 459 g/mol. The van der Waals surface area contributed by atoms with Gasteiger partial charge in [-0.2, -0.15) is 4.72 Å². The molecule has 8 nitrogen and oxygen atoms in total. The second-order valence-corrected chi connectivity index (χ2v) is 9.56. The molecule has 0 saturated heterocycles. The third kappa shape index (κ3) is 4.31. The maximum Gasteiger partial charge on any atom is 0.323 e. The smallest absolute Gasteiger partial charge is 0.323 e. The predicted octanol–water partition coefficient (Wildman–Crippen LogP) is 2.43. The monoisotopic (exact) mass is 458 g/mol. The van der Waals surface area contributed by atoms with Crippen LogP contribution in [0.25, 0.3) is 0 Å². The second-order valence-electron chi connectivity index (χ2n) is 7.91. The van der Waals surface area contributed by atoms with Crippen LogP contribution < -0.4 is 4.72 Å². The molecule has 1 aliphatic heterocycles. The molecule has 0 radical (unpaired) electrons. The Morgan fingerprint density at radius 1 is 1.00 bits per heavy atom. The van der Waals surface area contributed by atoms with Crippen molar-refractivity contribution in [2.24, 2.45) is 0 Å². The van der Waals surface area contributed by atoms with Crippen molar-refractivity contribution in [3.8, 4) is 0 Å². The number of benzene rings is 2. The molecule has 2 aromatic carbocycles. The molecule has 0 fully saturated rings. The number of sulfonamides is 1. The first-order valence-corrected chi connectivity index (χ1v) is 11.7. The van der Waals surface area contributed by atoms with Crippen molar-refractivity contribution in [2.75, 3.05) is 13.2 Å². The SMILES string of the molecule is Cc1cc(C)c(C)c(S(=O)(=O)NC(C)C(=O)OCCN2C(=O)c3ccccc3C2=O)c1C. The van der Waals surface area contributed by atoms with E-state index in [1.807, 2.05) is 19.9 Å². The molecule has 0 saturated carbocycles. The highest BCUT2D eigenvalue weighted by molar-refractivity contribution is 7.89. The molecule has 2 aromatic rings. The molecule has 1 unspecified atom stereocenters. The molecule has 9 heteroatoms. The molecule has 2 amide bonds. The normalized spacial score (nSPS) is 14.5. The second kappa shape index (κ2) is 8.84. The average Bonchev–Trinajstić information content (AvgIpc) is 2.97. The van der Waals surface area contributed by atoms with Gasteiger partial charge in [-0.3, -0.25) is 19.3 Å². The zero-order chi connectivity index (χ0) is 23.8. The van der Waals surface area contributed by atoms with Crippen LogP contribution in [0.4, 0.5) is 0 Å². The predicted molar refractivity (Wildman–Crippen MR) is 118 cm³/mol. The molecule has 0 bridgehead atoms. The maximum atomic E-state index is 13.0. The Morgan fingerprint density at radius 3 is 2.00 bits per heavy atom. The fourth-order valence-electron chi connectivity index (χ4n) is 3.73. The minimum Gasteiger partial charge on any atom is -0.463 e. The molecule has 0 spiro atoms. The number of nitrogens with zero attached hydrogens (tertiary/aromatic N) is 1. The van der Waals surface area contributed by atoms with Gasteiger partial charge in [-0.1, -0.05) is 18.2 Å². The van der Waals surface area contributed by atoms with E-state index in [9.17, 15) is 22.8 Å². The lowest BCUT2D eigenvalue weighted by molar-refractivity contribution is -0.145. The van der Waals surface area contributed by atoms with E-state index in [0.29, 0.717) is 22.3 Å². The minimum atomic E-state index is -3.97. The standard InChI is InChI=1S/C23H26N2O6S/c1-13-12-14(2)16(4)20(15(13)3)32(29,30)24-17(5)23(28)31-11-10-25-21(26)18-8-6-7-9-19(18)22(25)27/h6-9,12,17,24H,10-11H2,1-5H3. The quantitative estimate of drug-likeness (QED) is 0.504. The van der Waals surface area contributed by atoms with Crippen LogP contribution in [0.1, 0.15) is 49.9 Å². The molecule has 1 N–H and O–H groups in total. The molecule has 170 valence electrons. The summed E-state index contributed by atoms with van der Waals surface area (Å²) < 4.78 is 33.5. The van der Waals surface area contributed by atoms with Crippen LogP contribution in [-0.2, 0) is 19.6 Å². The summed E-state index contributed by atoms with van der Waals surface area (Å²) in [5.41, 5.74) is 3.53. The lowest BCUT2D eigenvalue weighted by atomic mass is 10.0. The Labute approximate surface area is 187 Å². The highest BCUT2D eigenvalue weighted by Gasteiger charge is 2.35. The van der Waals surface area contributed by atoms with Gasteiger partial charge in [-0.15, -0.1) is 0 Å². The van der Waals surface area contributed by atoms with Gasteiger partial charge in [-0.25, -0.2) is 8.42 Å². The number of carbonyl (C=O) groups excluding carboxylic acids is 3. The van der Waals surface area contributed by atoms with E-state index in [2.05, 4.69) is 4.72 Å². The molecular formula is C23H26N2O6S. The highest BCUT2D eigenvalue weighted by Crippen LogP contribution is 2.26. The van der Waals surface area contributed by atoms with Crippen LogP contribution >= 0.6 is 0 Å². The van der Waals surface area contributed by atoms with Gasteiger partial charge in [0, 0.05) is 0 Å². The Kier molecular flexibility index (Phi) is 6.52. The molecule has 1 aliphatic rings. The number of imide groups is 1. The van der Waals surface area contributed by atoms with Crippen LogP contribution in [0.15, 0.2) is 35.2 Å². The lowest BCUT2D eigenvalue weighted by Gasteiger charge is -2.19. The first kappa shape index (κ1) is 23.6. The van der Waals surface area contributed by atoms with Gasteiger partial charge < -0.3 is 4.74 Å². The van der Waals surface area contributed by atoms with Gasteiger partial charge in [0.1, 0.15) is 12.6 Å². The van der Waals surface area contributed by atoms with E-state index in [0.717, 1.165) is 16.0 Å². The Morgan fingerprint density at radius 2 is 1.50 bits per heavy atom. The summed E-state index contributed by atoms with van der Waals surface area (Å²) in [6, 6.07) is 7.23. The Hall–Kier alpha value is -3.04. The zero-order valence-electron chi connectivity index (χ0n) is 18.7. The van der Waals surface area contributed by atoms with Gasteiger partial charge in [-0.05, 0) is 69.0 Å².